The van der Waals surface area contributed by atoms with Gasteiger partial charge in [-0.15, -0.1) is 0 Å². The van der Waals surface area contributed by atoms with Crippen LogP contribution in [0, 0.1) is 0 Å². The van der Waals surface area contributed by atoms with E-state index in [0.717, 1.165) is 7.11 Å². The third-order valence-electron chi connectivity index (χ3n) is 1.12. The van der Waals surface area contributed by atoms with Gasteiger partial charge in [0.15, 0.2) is 6.29 Å². The molecule has 0 unspecified atom stereocenters. The number of carbonyl (C=O) groups excluding carboxylic acids is 1. The third-order valence-corrected chi connectivity index (χ3v) is 1.78. The molecule has 0 spiro atoms. The molecule has 0 heterocycles. The van der Waals surface area contributed by atoms with Gasteiger partial charge in [0.25, 0.3) is 0 Å². The summed E-state index contributed by atoms with van der Waals surface area (Å²) in [5, 5.41) is 7.78. The Balaban J connectivity index is 0.000000561. The van der Waals surface area contributed by atoms with Crippen LogP contribution in [0.2, 0.25) is 10.0 Å². The normalized spacial score (nSPS) is 8.33. The lowest BCUT2D eigenvalue weighted by atomic mass is 10.2. The third kappa shape index (κ3) is 2.81. The first kappa shape index (κ1) is 11.4. The van der Waals surface area contributed by atoms with E-state index >= 15 is 0 Å². The minimum absolute atomic E-state index is 0.353. The highest BCUT2D eigenvalue weighted by atomic mass is 35.5. The number of benzene rings is 1. The molecular weight excluding hydrogens is 199 g/mol. The first-order valence-electron chi connectivity index (χ1n) is 3.09. The monoisotopic (exact) mass is 206 g/mol. The van der Waals surface area contributed by atoms with Crippen molar-refractivity contribution in [3.63, 3.8) is 0 Å². The molecule has 0 atom stereocenters. The molecule has 1 aromatic carbocycles. The van der Waals surface area contributed by atoms with Crippen LogP contribution in [0.25, 0.3) is 0 Å². The lowest BCUT2D eigenvalue weighted by molar-refractivity contribution is 0.112. The van der Waals surface area contributed by atoms with Crippen molar-refractivity contribution in [3.05, 3.63) is 33.8 Å². The van der Waals surface area contributed by atoms with E-state index in [-0.39, 0.29) is 0 Å². The zero-order valence-corrected chi connectivity index (χ0v) is 7.93. The lowest BCUT2D eigenvalue weighted by Crippen LogP contribution is -1.81. The van der Waals surface area contributed by atoms with Gasteiger partial charge in [-0.05, 0) is 12.1 Å². The van der Waals surface area contributed by atoms with Gasteiger partial charge < -0.3 is 5.11 Å². The summed E-state index contributed by atoms with van der Waals surface area (Å²) in [5.41, 5.74) is 0.353. The maximum atomic E-state index is 10.3. The molecule has 0 bridgehead atoms. The summed E-state index contributed by atoms with van der Waals surface area (Å²) < 4.78 is 0. The van der Waals surface area contributed by atoms with Crippen LogP contribution in [0.15, 0.2) is 18.2 Å². The molecule has 1 aromatic rings. The van der Waals surface area contributed by atoms with Crippen LogP contribution in [0.1, 0.15) is 10.4 Å². The number of hydrogen-bond donors (Lipinski definition) is 1. The van der Waals surface area contributed by atoms with Crippen molar-refractivity contribution in [1.82, 2.24) is 0 Å². The number of aliphatic hydroxyl groups excluding tert-OH is 1. The Morgan fingerprint density at radius 2 is 1.67 bits per heavy atom. The van der Waals surface area contributed by atoms with Gasteiger partial charge in [-0.3, -0.25) is 4.79 Å². The second-order valence-electron chi connectivity index (χ2n) is 1.75. The molecule has 0 saturated carbocycles. The van der Waals surface area contributed by atoms with Gasteiger partial charge in [0.1, 0.15) is 0 Å². The first-order valence-corrected chi connectivity index (χ1v) is 3.85. The molecule has 12 heavy (non-hydrogen) atoms. The van der Waals surface area contributed by atoms with E-state index in [9.17, 15) is 4.79 Å². The fraction of sp³-hybridized carbons (Fsp3) is 0.125. The smallest absolute Gasteiger partial charge is 0.153 e. The summed E-state index contributed by atoms with van der Waals surface area (Å²) in [5.74, 6) is 0. The molecule has 0 amide bonds. The molecule has 0 aliphatic rings. The van der Waals surface area contributed by atoms with E-state index in [1.165, 1.54) is 0 Å². The van der Waals surface area contributed by atoms with Gasteiger partial charge in [-0.1, -0.05) is 29.3 Å². The summed E-state index contributed by atoms with van der Waals surface area (Å²) in [7, 11) is 1.00. The number of aldehydes is 1. The second kappa shape index (κ2) is 6.00. The van der Waals surface area contributed by atoms with Crippen molar-refractivity contribution < 1.29 is 9.90 Å². The molecule has 1 N–H and O–H groups in total. The Bertz CT molecular complexity index is 241. The van der Waals surface area contributed by atoms with E-state index in [0.29, 0.717) is 21.9 Å². The van der Waals surface area contributed by atoms with E-state index in [1.54, 1.807) is 18.2 Å². The fourth-order valence-electron chi connectivity index (χ4n) is 0.623. The molecule has 66 valence electrons. The molecule has 1 rings (SSSR count). The molecule has 0 aromatic heterocycles. The predicted molar refractivity (Wildman–Crippen MR) is 50.0 cm³/mol. The summed E-state index contributed by atoms with van der Waals surface area (Å²) in [6.07, 6.45) is 0.644. The number of rotatable bonds is 1. The second-order valence-corrected chi connectivity index (χ2v) is 2.57. The van der Waals surface area contributed by atoms with Gasteiger partial charge in [0.2, 0.25) is 0 Å². The SMILES string of the molecule is CO.O=Cc1c(Cl)cccc1Cl. The van der Waals surface area contributed by atoms with Crippen molar-refractivity contribution >= 4 is 29.5 Å². The zero-order chi connectivity index (χ0) is 9.56. The quantitative estimate of drug-likeness (QED) is 0.718. The van der Waals surface area contributed by atoms with Crippen molar-refractivity contribution in [1.29, 1.82) is 0 Å². The van der Waals surface area contributed by atoms with Crippen LogP contribution in [0.4, 0.5) is 0 Å². The Morgan fingerprint density at radius 3 is 1.92 bits per heavy atom. The van der Waals surface area contributed by atoms with Gasteiger partial charge in [0, 0.05) is 7.11 Å². The summed E-state index contributed by atoms with van der Waals surface area (Å²) in [6.45, 7) is 0. The topological polar surface area (TPSA) is 37.3 Å². The number of hydrogen-bond acceptors (Lipinski definition) is 2. The summed E-state index contributed by atoms with van der Waals surface area (Å²) in [6, 6.07) is 4.94. The van der Waals surface area contributed by atoms with E-state index in [2.05, 4.69) is 0 Å². The molecule has 0 fully saturated rings. The molecule has 0 aliphatic carbocycles. The van der Waals surface area contributed by atoms with Crippen molar-refractivity contribution in [2.24, 2.45) is 0 Å². The van der Waals surface area contributed by atoms with Gasteiger partial charge in [-0.25, -0.2) is 0 Å². The van der Waals surface area contributed by atoms with Crippen molar-refractivity contribution in [3.8, 4) is 0 Å². The Labute approximate surface area is 80.7 Å². The molecular formula is C8H8Cl2O2. The van der Waals surface area contributed by atoms with Crippen molar-refractivity contribution in [2.75, 3.05) is 7.11 Å². The maximum absolute atomic E-state index is 10.3. The molecule has 4 heteroatoms. The van der Waals surface area contributed by atoms with Crippen LogP contribution in [-0.2, 0) is 0 Å². The minimum atomic E-state index is 0.353. The molecule has 0 radical (unpaired) electrons. The van der Waals surface area contributed by atoms with E-state index in [1.807, 2.05) is 0 Å². The average molecular weight is 207 g/mol. The molecule has 0 saturated heterocycles. The maximum Gasteiger partial charge on any atom is 0.153 e. The summed E-state index contributed by atoms with van der Waals surface area (Å²) in [4.78, 5) is 10.3. The minimum Gasteiger partial charge on any atom is -0.400 e. The number of aliphatic hydroxyl groups is 1. The van der Waals surface area contributed by atoms with Crippen LogP contribution in [-0.4, -0.2) is 18.5 Å². The highest BCUT2D eigenvalue weighted by molar-refractivity contribution is 6.38. The Morgan fingerprint density at radius 1 is 1.25 bits per heavy atom. The average Bonchev–Trinajstić information content (AvgIpc) is 2.08. The number of carbonyl (C=O) groups is 1. The highest BCUT2D eigenvalue weighted by Crippen LogP contribution is 2.21. The van der Waals surface area contributed by atoms with Crippen LogP contribution in [0.3, 0.4) is 0 Å². The van der Waals surface area contributed by atoms with Crippen LogP contribution >= 0.6 is 23.2 Å². The van der Waals surface area contributed by atoms with E-state index < -0.39 is 0 Å². The standard InChI is InChI=1S/C7H4Cl2O.CH4O/c8-6-2-1-3-7(9)5(6)4-10;1-2/h1-4H;2H,1H3. The predicted octanol–water partition coefficient (Wildman–Crippen LogP) is 2.41. The van der Waals surface area contributed by atoms with Gasteiger partial charge >= 0.3 is 0 Å². The largest absolute Gasteiger partial charge is 0.400 e. The number of halogens is 2. The molecule has 0 aliphatic heterocycles. The highest BCUT2D eigenvalue weighted by Gasteiger charge is 2.01. The van der Waals surface area contributed by atoms with Crippen molar-refractivity contribution in [2.45, 2.75) is 0 Å². The van der Waals surface area contributed by atoms with Crippen LogP contribution in [0.5, 0.6) is 0 Å². The lowest BCUT2D eigenvalue weighted by Gasteiger charge is -1.95. The van der Waals surface area contributed by atoms with Gasteiger partial charge in [-0.2, -0.15) is 0 Å². The summed E-state index contributed by atoms with van der Waals surface area (Å²) >= 11 is 11.2. The Kier molecular flexibility index (Phi) is 5.72. The fourth-order valence-corrected chi connectivity index (χ4v) is 1.11. The van der Waals surface area contributed by atoms with Crippen LogP contribution < -0.4 is 0 Å². The zero-order valence-electron chi connectivity index (χ0n) is 6.42. The molecule has 2 nitrogen and oxygen atoms in total. The first-order chi connectivity index (χ1) is 5.75. The Hall–Kier alpha value is -0.570. The van der Waals surface area contributed by atoms with E-state index in [4.69, 9.17) is 28.3 Å². The van der Waals surface area contributed by atoms with Gasteiger partial charge in [0.05, 0.1) is 15.6 Å².